The fraction of sp³-hybridized carbons (Fsp3) is 0.875. The van der Waals surface area contributed by atoms with Crippen molar-refractivity contribution >= 4 is 5.91 Å². The summed E-state index contributed by atoms with van der Waals surface area (Å²) in [6.45, 7) is 1.82. The van der Waals surface area contributed by atoms with E-state index < -0.39 is 6.10 Å². The van der Waals surface area contributed by atoms with Gasteiger partial charge in [-0.1, -0.05) is 0 Å². The van der Waals surface area contributed by atoms with Gasteiger partial charge in [-0.3, -0.25) is 4.79 Å². The van der Waals surface area contributed by atoms with Gasteiger partial charge < -0.3 is 15.3 Å². The SMILES string of the molecule is CNCC(O)CN1CCCC1=O. The number of likely N-dealkylation sites (N-methyl/N-ethyl adjacent to an activating group) is 1. The molecule has 1 rings (SSSR count). The topological polar surface area (TPSA) is 52.6 Å². The average molecular weight is 172 g/mol. The van der Waals surface area contributed by atoms with Crippen LogP contribution in [0, 0.1) is 0 Å². The predicted molar refractivity (Wildman–Crippen MR) is 45.7 cm³/mol. The summed E-state index contributed by atoms with van der Waals surface area (Å²) in [5.74, 6) is 0.171. The average Bonchev–Trinajstić information content (AvgIpc) is 2.37. The number of aliphatic hydroxyl groups excluding tert-OH is 1. The quantitative estimate of drug-likeness (QED) is 0.583. The van der Waals surface area contributed by atoms with Crippen LogP contribution in [0.1, 0.15) is 12.8 Å². The molecule has 0 saturated carbocycles. The van der Waals surface area contributed by atoms with Gasteiger partial charge >= 0.3 is 0 Å². The third kappa shape index (κ3) is 2.46. The van der Waals surface area contributed by atoms with Crippen LogP contribution in [0.5, 0.6) is 0 Å². The molecule has 1 aliphatic heterocycles. The Morgan fingerprint density at radius 1 is 1.75 bits per heavy atom. The maximum absolute atomic E-state index is 11.1. The van der Waals surface area contributed by atoms with Crippen molar-refractivity contribution in [2.75, 3.05) is 26.7 Å². The Bertz CT molecular complexity index is 161. The Morgan fingerprint density at radius 2 is 2.50 bits per heavy atom. The van der Waals surface area contributed by atoms with E-state index in [1.807, 2.05) is 0 Å². The molecule has 0 aromatic carbocycles. The van der Waals surface area contributed by atoms with Crippen molar-refractivity contribution in [3.05, 3.63) is 0 Å². The fourth-order valence-corrected chi connectivity index (χ4v) is 1.45. The van der Waals surface area contributed by atoms with Crippen LogP contribution in [0.4, 0.5) is 0 Å². The second-order valence-corrected chi connectivity index (χ2v) is 3.15. The smallest absolute Gasteiger partial charge is 0.222 e. The molecule has 4 heteroatoms. The Balaban J connectivity index is 2.25. The van der Waals surface area contributed by atoms with E-state index in [1.165, 1.54) is 0 Å². The Labute approximate surface area is 72.6 Å². The molecule has 1 unspecified atom stereocenters. The molecule has 0 aromatic heterocycles. The molecule has 70 valence electrons. The highest BCUT2D eigenvalue weighted by Crippen LogP contribution is 2.09. The van der Waals surface area contributed by atoms with Gasteiger partial charge in [-0.25, -0.2) is 0 Å². The monoisotopic (exact) mass is 172 g/mol. The van der Waals surface area contributed by atoms with E-state index >= 15 is 0 Å². The largest absolute Gasteiger partial charge is 0.390 e. The van der Waals surface area contributed by atoms with Crippen molar-refractivity contribution in [1.29, 1.82) is 0 Å². The first kappa shape index (κ1) is 9.48. The van der Waals surface area contributed by atoms with Gasteiger partial charge in [-0.2, -0.15) is 0 Å². The molecule has 1 aliphatic rings. The van der Waals surface area contributed by atoms with Gasteiger partial charge in [0.05, 0.1) is 6.10 Å². The lowest BCUT2D eigenvalue weighted by atomic mass is 10.3. The number of aliphatic hydroxyl groups is 1. The summed E-state index contributed by atoms with van der Waals surface area (Å²) in [7, 11) is 1.79. The summed E-state index contributed by atoms with van der Waals surface area (Å²) < 4.78 is 0. The maximum atomic E-state index is 11.1. The van der Waals surface area contributed by atoms with Crippen LogP contribution in [0.25, 0.3) is 0 Å². The minimum atomic E-state index is -0.433. The standard InChI is InChI=1S/C8H16N2O2/c1-9-5-7(11)6-10-4-2-3-8(10)12/h7,9,11H,2-6H2,1H3. The molecule has 0 radical (unpaired) electrons. The number of nitrogens with zero attached hydrogens (tertiary/aromatic N) is 1. The van der Waals surface area contributed by atoms with Crippen LogP contribution in [-0.2, 0) is 4.79 Å². The van der Waals surface area contributed by atoms with Crippen LogP contribution in [-0.4, -0.2) is 48.7 Å². The number of amides is 1. The number of rotatable bonds is 4. The molecule has 0 spiro atoms. The normalized spacial score (nSPS) is 20.2. The number of hydrogen-bond acceptors (Lipinski definition) is 3. The number of likely N-dealkylation sites (tertiary alicyclic amines) is 1. The van der Waals surface area contributed by atoms with Gasteiger partial charge in [0.15, 0.2) is 0 Å². The molecule has 1 fully saturated rings. The highest BCUT2D eigenvalue weighted by molar-refractivity contribution is 5.78. The molecule has 0 bridgehead atoms. The van der Waals surface area contributed by atoms with Gasteiger partial charge in [-0.15, -0.1) is 0 Å². The minimum Gasteiger partial charge on any atom is -0.390 e. The first-order chi connectivity index (χ1) is 5.74. The second kappa shape index (κ2) is 4.42. The Hall–Kier alpha value is -0.610. The summed E-state index contributed by atoms with van der Waals surface area (Å²) in [6, 6.07) is 0. The molecule has 1 amide bonds. The van der Waals surface area contributed by atoms with E-state index in [4.69, 9.17) is 0 Å². The molecular weight excluding hydrogens is 156 g/mol. The van der Waals surface area contributed by atoms with Crippen molar-refractivity contribution in [2.24, 2.45) is 0 Å². The van der Waals surface area contributed by atoms with Crippen LogP contribution in [0.3, 0.4) is 0 Å². The lowest BCUT2D eigenvalue weighted by molar-refractivity contribution is -0.128. The molecule has 0 aliphatic carbocycles. The van der Waals surface area contributed by atoms with Gasteiger partial charge in [0.25, 0.3) is 0 Å². The number of hydrogen-bond donors (Lipinski definition) is 2. The van der Waals surface area contributed by atoms with E-state index in [9.17, 15) is 9.90 Å². The summed E-state index contributed by atoms with van der Waals surface area (Å²) in [6.07, 6.45) is 1.15. The van der Waals surface area contributed by atoms with Crippen LogP contribution in [0.15, 0.2) is 0 Å². The van der Waals surface area contributed by atoms with E-state index in [0.717, 1.165) is 13.0 Å². The number of nitrogens with one attached hydrogen (secondary N) is 1. The molecule has 1 heterocycles. The molecule has 2 N–H and O–H groups in total. The predicted octanol–water partition coefficient (Wildman–Crippen LogP) is -0.811. The van der Waals surface area contributed by atoms with Crippen molar-refractivity contribution in [2.45, 2.75) is 18.9 Å². The van der Waals surface area contributed by atoms with Gasteiger partial charge in [0.1, 0.15) is 0 Å². The number of carbonyl (C=O) groups is 1. The fourth-order valence-electron chi connectivity index (χ4n) is 1.45. The van der Waals surface area contributed by atoms with Crippen molar-refractivity contribution in [3.63, 3.8) is 0 Å². The summed E-state index contributed by atoms with van der Waals surface area (Å²) in [4.78, 5) is 12.8. The highest BCUT2D eigenvalue weighted by atomic mass is 16.3. The third-order valence-electron chi connectivity index (χ3n) is 2.04. The molecular formula is C8H16N2O2. The van der Waals surface area contributed by atoms with Crippen LogP contribution < -0.4 is 5.32 Å². The van der Waals surface area contributed by atoms with E-state index in [2.05, 4.69) is 5.32 Å². The zero-order valence-electron chi connectivity index (χ0n) is 7.42. The van der Waals surface area contributed by atoms with Gasteiger partial charge in [0, 0.05) is 26.1 Å². The first-order valence-corrected chi connectivity index (χ1v) is 4.34. The van der Waals surface area contributed by atoms with Crippen molar-refractivity contribution in [1.82, 2.24) is 10.2 Å². The maximum Gasteiger partial charge on any atom is 0.222 e. The lowest BCUT2D eigenvalue weighted by Gasteiger charge is -2.19. The van der Waals surface area contributed by atoms with Crippen LogP contribution >= 0.6 is 0 Å². The molecule has 0 aromatic rings. The first-order valence-electron chi connectivity index (χ1n) is 4.34. The van der Waals surface area contributed by atoms with Crippen molar-refractivity contribution in [3.8, 4) is 0 Å². The van der Waals surface area contributed by atoms with Crippen molar-refractivity contribution < 1.29 is 9.90 Å². The summed E-state index contributed by atoms with van der Waals surface area (Å²) in [5, 5.41) is 12.2. The van der Waals surface area contributed by atoms with E-state index in [0.29, 0.717) is 19.5 Å². The number of β-amino-alcohol motifs (C(OH)–C–C–N with tert-alkyl or cyclic N) is 1. The molecule has 1 atom stereocenters. The Kier molecular flexibility index (Phi) is 3.49. The van der Waals surface area contributed by atoms with E-state index in [-0.39, 0.29) is 5.91 Å². The van der Waals surface area contributed by atoms with E-state index in [1.54, 1.807) is 11.9 Å². The summed E-state index contributed by atoms with van der Waals surface area (Å²) >= 11 is 0. The third-order valence-corrected chi connectivity index (χ3v) is 2.04. The van der Waals surface area contributed by atoms with Gasteiger partial charge in [0.2, 0.25) is 5.91 Å². The second-order valence-electron chi connectivity index (χ2n) is 3.15. The Morgan fingerprint density at radius 3 is 3.00 bits per heavy atom. The highest BCUT2D eigenvalue weighted by Gasteiger charge is 2.21. The molecule has 1 saturated heterocycles. The molecule has 4 nitrogen and oxygen atoms in total. The molecule has 12 heavy (non-hydrogen) atoms. The van der Waals surface area contributed by atoms with Gasteiger partial charge in [-0.05, 0) is 13.5 Å². The lowest BCUT2D eigenvalue weighted by Crippen LogP contribution is -2.37. The zero-order valence-corrected chi connectivity index (χ0v) is 7.42. The zero-order chi connectivity index (χ0) is 8.97. The number of carbonyl (C=O) groups excluding carboxylic acids is 1. The summed E-state index contributed by atoms with van der Waals surface area (Å²) in [5.41, 5.74) is 0. The minimum absolute atomic E-state index is 0.171. The van der Waals surface area contributed by atoms with Crippen LogP contribution in [0.2, 0.25) is 0 Å².